The van der Waals surface area contributed by atoms with E-state index in [9.17, 15) is 4.79 Å². The lowest BCUT2D eigenvalue weighted by atomic mass is 10.00. The van der Waals surface area contributed by atoms with E-state index in [0.717, 1.165) is 48.9 Å². The molecule has 0 atom stereocenters. The molecule has 1 fully saturated rings. The van der Waals surface area contributed by atoms with Crippen LogP contribution >= 0.6 is 0 Å². The van der Waals surface area contributed by atoms with Gasteiger partial charge in [-0.25, -0.2) is 4.98 Å². The van der Waals surface area contributed by atoms with Crippen molar-refractivity contribution in [1.29, 1.82) is 0 Å². The summed E-state index contributed by atoms with van der Waals surface area (Å²) in [6.45, 7) is 6.27. The van der Waals surface area contributed by atoms with Gasteiger partial charge < -0.3 is 14.1 Å². The number of hydrogen-bond acceptors (Lipinski definition) is 5. The number of allylic oxidation sites excluding steroid dienone is 1. The third-order valence-corrected chi connectivity index (χ3v) is 4.85. The van der Waals surface area contributed by atoms with Crippen LogP contribution < -0.4 is 5.56 Å². The highest BCUT2D eigenvalue weighted by Gasteiger charge is 2.22. The molecule has 0 aliphatic carbocycles. The zero-order chi connectivity index (χ0) is 17.4. The summed E-state index contributed by atoms with van der Waals surface area (Å²) < 4.78 is 9.18. The van der Waals surface area contributed by atoms with Crippen LogP contribution in [0, 0.1) is 6.92 Å². The van der Waals surface area contributed by atoms with Gasteiger partial charge in [-0.1, -0.05) is 5.16 Å². The molecule has 2 aromatic heterocycles. The van der Waals surface area contributed by atoms with Crippen LogP contribution in [0.3, 0.4) is 0 Å². The zero-order valence-corrected chi connectivity index (χ0v) is 14.6. The quantitative estimate of drug-likeness (QED) is 0.856. The van der Waals surface area contributed by atoms with Gasteiger partial charge >= 0.3 is 0 Å². The molecular weight excluding hydrogens is 320 g/mol. The van der Waals surface area contributed by atoms with E-state index in [2.05, 4.69) is 10.1 Å². The lowest BCUT2D eigenvalue weighted by molar-refractivity contribution is 0.0835. The highest BCUT2D eigenvalue weighted by molar-refractivity contribution is 5.93. The number of rotatable bonds is 3. The first kappa shape index (κ1) is 16.1. The molecule has 0 aromatic carbocycles. The largest absolute Gasteiger partial charge is 0.391 e. The molecule has 2 aromatic rings. The molecule has 0 amide bonds. The molecule has 2 aliphatic rings. The van der Waals surface area contributed by atoms with Crippen LogP contribution in [0.4, 0.5) is 0 Å². The van der Waals surface area contributed by atoms with Crippen molar-refractivity contribution in [2.75, 3.05) is 19.8 Å². The average Bonchev–Trinajstić information content (AvgIpc) is 3.03. The Bertz CT molecular complexity index is 916. The maximum atomic E-state index is 13.0. The van der Waals surface area contributed by atoms with Gasteiger partial charge in [0.25, 0.3) is 5.56 Å². The van der Waals surface area contributed by atoms with Crippen molar-refractivity contribution >= 4 is 11.2 Å². The smallest absolute Gasteiger partial charge is 0.276 e. The summed E-state index contributed by atoms with van der Waals surface area (Å²) in [6, 6.07) is 0. The Morgan fingerprint density at radius 2 is 2.08 bits per heavy atom. The summed E-state index contributed by atoms with van der Waals surface area (Å²) in [7, 11) is 0. The van der Waals surface area contributed by atoms with E-state index in [4.69, 9.17) is 9.57 Å². The van der Waals surface area contributed by atoms with E-state index in [0.29, 0.717) is 24.6 Å². The minimum atomic E-state index is -0.0214. The van der Waals surface area contributed by atoms with Crippen LogP contribution in [0.1, 0.15) is 37.2 Å². The van der Waals surface area contributed by atoms with Gasteiger partial charge in [-0.15, -0.1) is 0 Å². The van der Waals surface area contributed by atoms with Crippen molar-refractivity contribution < 1.29 is 9.57 Å². The molecule has 4 heterocycles. The number of oxime groups is 1. The van der Waals surface area contributed by atoms with Gasteiger partial charge in [0.05, 0.1) is 18.5 Å². The van der Waals surface area contributed by atoms with E-state index in [-0.39, 0.29) is 5.56 Å². The average molecular weight is 342 g/mol. The Kier molecular flexibility index (Phi) is 4.17. The highest BCUT2D eigenvalue weighted by Crippen LogP contribution is 2.26. The van der Waals surface area contributed by atoms with E-state index in [1.807, 2.05) is 30.5 Å². The van der Waals surface area contributed by atoms with E-state index in [1.165, 1.54) is 0 Å². The number of nitrogens with zero attached hydrogens (tertiary/aromatic N) is 4. The van der Waals surface area contributed by atoms with E-state index >= 15 is 0 Å². The topological polar surface area (TPSA) is 70.1 Å². The Hall–Kier alpha value is -2.41. The first-order chi connectivity index (χ1) is 12.1. The fourth-order valence-corrected chi connectivity index (χ4v) is 3.55. The monoisotopic (exact) mass is 342 g/mol. The van der Waals surface area contributed by atoms with Crippen molar-refractivity contribution in [1.82, 2.24) is 14.0 Å². The van der Waals surface area contributed by atoms with Gasteiger partial charge in [0.1, 0.15) is 17.9 Å². The summed E-state index contributed by atoms with van der Waals surface area (Å²) >= 11 is 0. The molecule has 0 radical (unpaired) electrons. The number of hydrogen-bond donors (Lipinski definition) is 0. The van der Waals surface area contributed by atoms with E-state index < -0.39 is 0 Å². The summed E-state index contributed by atoms with van der Waals surface area (Å²) in [6.07, 6.45) is 7.58. The minimum Gasteiger partial charge on any atom is -0.391 e. The van der Waals surface area contributed by atoms with Crippen molar-refractivity contribution in [2.45, 2.75) is 39.2 Å². The predicted molar refractivity (Wildman–Crippen MR) is 94.1 cm³/mol. The van der Waals surface area contributed by atoms with Crippen LogP contribution in [0.2, 0.25) is 0 Å². The first-order valence-electron chi connectivity index (χ1n) is 8.64. The van der Waals surface area contributed by atoms with Crippen molar-refractivity contribution in [3.05, 3.63) is 45.9 Å². The Balaban J connectivity index is 1.73. The predicted octanol–water partition coefficient (Wildman–Crippen LogP) is 2.03. The van der Waals surface area contributed by atoms with Gasteiger partial charge in [-0.05, 0) is 38.3 Å². The lowest BCUT2D eigenvalue weighted by Gasteiger charge is -2.21. The second-order valence-corrected chi connectivity index (χ2v) is 6.73. The third-order valence-electron chi connectivity index (χ3n) is 4.85. The lowest BCUT2D eigenvalue weighted by Crippen LogP contribution is -2.27. The van der Waals surface area contributed by atoms with Gasteiger partial charge in [0.15, 0.2) is 0 Å². The molecule has 0 spiro atoms. The van der Waals surface area contributed by atoms with Gasteiger partial charge in [-0.3, -0.25) is 9.20 Å². The molecule has 0 saturated carbocycles. The summed E-state index contributed by atoms with van der Waals surface area (Å²) in [5.41, 5.74) is 3.36. The summed E-state index contributed by atoms with van der Waals surface area (Å²) in [4.78, 5) is 22.7. The fourth-order valence-electron chi connectivity index (χ4n) is 3.55. The number of fused-ring (bicyclic) bond motifs is 1. The van der Waals surface area contributed by atoms with Crippen molar-refractivity contribution in [3.8, 4) is 0 Å². The van der Waals surface area contributed by atoms with E-state index in [1.54, 1.807) is 10.8 Å². The standard InChI is InChI=1S/C18H22N4O3/c1-12-7-14(11-25-20-12)10-21-13(2)9-22-16(18(21)23)8-19-17(22)15-3-5-24-6-4-15/h7-9,15H,3-6,10-11H2,1-2H3. The molecule has 132 valence electrons. The maximum Gasteiger partial charge on any atom is 0.276 e. The van der Waals surface area contributed by atoms with Gasteiger partial charge in [-0.2, -0.15) is 0 Å². The third kappa shape index (κ3) is 3.00. The fraction of sp³-hybridized carbons (Fsp3) is 0.500. The number of ether oxygens (including phenoxy) is 1. The van der Waals surface area contributed by atoms with Crippen molar-refractivity contribution in [2.24, 2.45) is 5.16 Å². The second-order valence-electron chi connectivity index (χ2n) is 6.73. The highest BCUT2D eigenvalue weighted by atomic mass is 16.6. The molecule has 0 bridgehead atoms. The molecule has 1 saturated heterocycles. The van der Waals surface area contributed by atoms with Crippen LogP contribution in [0.5, 0.6) is 0 Å². The van der Waals surface area contributed by atoms with Crippen molar-refractivity contribution in [3.63, 3.8) is 0 Å². The normalized spacial score (nSPS) is 18.8. The Morgan fingerprint density at radius 1 is 1.28 bits per heavy atom. The van der Waals surface area contributed by atoms with Gasteiger partial charge in [0.2, 0.25) is 0 Å². The van der Waals surface area contributed by atoms with Crippen LogP contribution in [0.15, 0.2) is 34.0 Å². The van der Waals surface area contributed by atoms with Crippen LogP contribution in [-0.2, 0) is 16.1 Å². The molecule has 7 nitrogen and oxygen atoms in total. The first-order valence-corrected chi connectivity index (χ1v) is 8.64. The van der Waals surface area contributed by atoms with Crippen LogP contribution in [0.25, 0.3) is 5.52 Å². The Morgan fingerprint density at radius 3 is 2.84 bits per heavy atom. The number of aromatic nitrogens is 3. The molecule has 25 heavy (non-hydrogen) atoms. The second kappa shape index (κ2) is 6.48. The number of imidazole rings is 1. The minimum absolute atomic E-state index is 0.0214. The Labute approximate surface area is 145 Å². The number of aryl methyl sites for hydroxylation is 1. The molecule has 0 unspecified atom stereocenters. The maximum absolute atomic E-state index is 13.0. The van der Waals surface area contributed by atoms with Crippen LogP contribution in [-0.4, -0.2) is 39.5 Å². The molecule has 2 aliphatic heterocycles. The van der Waals surface area contributed by atoms with Gasteiger partial charge in [0, 0.05) is 31.0 Å². The molecule has 7 heteroatoms. The molecule has 0 N–H and O–H groups in total. The molecular formula is C18H22N4O3. The summed E-state index contributed by atoms with van der Waals surface area (Å²) in [5, 5.41) is 3.90. The molecule has 4 rings (SSSR count). The summed E-state index contributed by atoms with van der Waals surface area (Å²) in [5.74, 6) is 1.31. The SMILES string of the molecule is CC1=NOCC(Cn2c(C)cn3c(C4CCOCC4)ncc3c2=O)=C1. The zero-order valence-electron chi connectivity index (χ0n) is 14.6.